The van der Waals surface area contributed by atoms with E-state index in [1.54, 1.807) is 0 Å². The van der Waals surface area contributed by atoms with Crippen LogP contribution in [0.2, 0.25) is 0 Å². The monoisotopic (exact) mass is 251 g/mol. The molecule has 0 aliphatic carbocycles. The Balaban J connectivity index is 3.96. The molecule has 0 aliphatic rings. The first-order chi connectivity index (χ1) is 7.11. The molecule has 5 heteroatoms. The fourth-order valence-electron chi connectivity index (χ4n) is 1.42. The third kappa shape index (κ3) is 6.68. The van der Waals surface area contributed by atoms with Crippen molar-refractivity contribution in [3.8, 4) is 0 Å². The summed E-state index contributed by atoms with van der Waals surface area (Å²) in [6.07, 6.45) is 0. The Morgan fingerprint density at radius 3 is 2.40 bits per heavy atom. The standard InChI is InChI=1S/C10H25N3S2/c1-4-12-9(6-14)5-13-10(2,8-15)7-11-3/h9,11-15H,4-8H2,1-3H3/t9-,10-/m1/s1. The number of nitrogens with one attached hydrogen (secondary N) is 3. The Kier molecular flexibility index (Phi) is 9.04. The highest BCUT2D eigenvalue weighted by Gasteiger charge is 2.21. The van der Waals surface area contributed by atoms with E-state index in [1.807, 2.05) is 7.05 Å². The summed E-state index contributed by atoms with van der Waals surface area (Å²) in [6, 6.07) is 0.425. The average Bonchev–Trinajstić information content (AvgIpc) is 2.24. The lowest BCUT2D eigenvalue weighted by atomic mass is 10.1. The van der Waals surface area contributed by atoms with Crippen molar-refractivity contribution >= 4 is 25.3 Å². The lowest BCUT2D eigenvalue weighted by molar-refractivity contribution is 0.361. The Labute approximate surface area is 105 Å². The van der Waals surface area contributed by atoms with Gasteiger partial charge < -0.3 is 16.0 Å². The summed E-state index contributed by atoms with van der Waals surface area (Å²) in [4.78, 5) is 0. The molecule has 15 heavy (non-hydrogen) atoms. The van der Waals surface area contributed by atoms with Crippen molar-refractivity contribution in [3.05, 3.63) is 0 Å². The van der Waals surface area contributed by atoms with E-state index >= 15 is 0 Å². The van der Waals surface area contributed by atoms with Crippen LogP contribution in [0.25, 0.3) is 0 Å². The van der Waals surface area contributed by atoms with Crippen LogP contribution in [-0.4, -0.2) is 49.8 Å². The van der Waals surface area contributed by atoms with Gasteiger partial charge in [-0.15, -0.1) is 0 Å². The van der Waals surface area contributed by atoms with Gasteiger partial charge in [0, 0.05) is 36.2 Å². The van der Waals surface area contributed by atoms with Crippen molar-refractivity contribution in [2.24, 2.45) is 0 Å². The van der Waals surface area contributed by atoms with Crippen molar-refractivity contribution in [1.29, 1.82) is 0 Å². The zero-order chi connectivity index (χ0) is 11.7. The third-order valence-corrected chi connectivity index (χ3v) is 3.54. The van der Waals surface area contributed by atoms with E-state index in [0.717, 1.165) is 31.1 Å². The zero-order valence-electron chi connectivity index (χ0n) is 10.0. The van der Waals surface area contributed by atoms with Gasteiger partial charge in [-0.25, -0.2) is 0 Å². The van der Waals surface area contributed by atoms with Crippen LogP contribution < -0.4 is 16.0 Å². The molecule has 0 aromatic carbocycles. The molecule has 0 bridgehead atoms. The van der Waals surface area contributed by atoms with Gasteiger partial charge in [0.15, 0.2) is 0 Å². The maximum absolute atomic E-state index is 4.38. The van der Waals surface area contributed by atoms with Crippen molar-refractivity contribution in [2.45, 2.75) is 25.4 Å². The van der Waals surface area contributed by atoms with E-state index in [2.05, 4.69) is 55.1 Å². The first-order valence-electron chi connectivity index (χ1n) is 5.46. The highest BCUT2D eigenvalue weighted by atomic mass is 32.1. The number of rotatable bonds is 9. The van der Waals surface area contributed by atoms with Crippen molar-refractivity contribution in [3.63, 3.8) is 0 Å². The minimum atomic E-state index is 0.0501. The van der Waals surface area contributed by atoms with Gasteiger partial charge in [0.1, 0.15) is 0 Å². The summed E-state index contributed by atoms with van der Waals surface area (Å²) in [5, 5.41) is 10.1. The van der Waals surface area contributed by atoms with Crippen molar-refractivity contribution in [2.75, 3.05) is 38.2 Å². The lowest BCUT2D eigenvalue weighted by Crippen LogP contribution is -2.55. The van der Waals surface area contributed by atoms with Gasteiger partial charge in [0.05, 0.1) is 0 Å². The van der Waals surface area contributed by atoms with Gasteiger partial charge in [-0.2, -0.15) is 25.3 Å². The van der Waals surface area contributed by atoms with Gasteiger partial charge >= 0.3 is 0 Å². The second kappa shape index (κ2) is 8.70. The van der Waals surface area contributed by atoms with Crippen LogP contribution in [-0.2, 0) is 0 Å². The second-order valence-electron chi connectivity index (χ2n) is 4.07. The Bertz CT molecular complexity index is 158. The fraction of sp³-hybridized carbons (Fsp3) is 1.00. The molecule has 0 rings (SSSR count). The second-order valence-corrected chi connectivity index (χ2v) is 4.75. The summed E-state index contributed by atoms with van der Waals surface area (Å²) in [5.41, 5.74) is 0.0501. The molecule has 0 spiro atoms. The van der Waals surface area contributed by atoms with Crippen LogP contribution in [0.15, 0.2) is 0 Å². The molecule has 0 heterocycles. The molecule has 0 aromatic rings. The maximum Gasteiger partial charge on any atom is 0.0366 e. The quantitative estimate of drug-likeness (QED) is 0.385. The van der Waals surface area contributed by atoms with Crippen LogP contribution in [0.1, 0.15) is 13.8 Å². The summed E-state index contributed by atoms with van der Waals surface area (Å²) >= 11 is 8.70. The molecule has 0 aliphatic heterocycles. The van der Waals surface area contributed by atoms with E-state index in [0.29, 0.717) is 6.04 Å². The predicted molar refractivity (Wildman–Crippen MR) is 75.5 cm³/mol. The first kappa shape index (κ1) is 15.6. The molecular formula is C10H25N3S2. The first-order valence-corrected chi connectivity index (χ1v) is 6.73. The highest BCUT2D eigenvalue weighted by Crippen LogP contribution is 2.04. The Morgan fingerprint density at radius 1 is 1.33 bits per heavy atom. The van der Waals surface area contributed by atoms with Gasteiger partial charge in [-0.05, 0) is 20.5 Å². The van der Waals surface area contributed by atoms with E-state index in [-0.39, 0.29) is 5.54 Å². The summed E-state index contributed by atoms with van der Waals surface area (Å²) in [5.74, 6) is 1.67. The van der Waals surface area contributed by atoms with Gasteiger partial charge in [-0.1, -0.05) is 6.92 Å². The normalized spacial score (nSPS) is 17.4. The zero-order valence-corrected chi connectivity index (χ0v) is 11.8. The summed E-state index contributed by atoms with van der Waals surface area (Å²) in [6.45, 7) is 7.12. The van der Waals surface area contributed by atoms with Gasteiger partial charge in [0.2, 0.25) is 0 Å². The van der Waals surface area contributed by atoms with Crippen LogP contribution >= 0.6 is 25.3 Å². The van der Waals surface area contributed by atoms with Gasteiger partial charge in [-0.3, -0.25) is 0 Å². The number of hydrogen-bond acceptors (Lipinski definition) is 5. The Hall–Kier alpha value is 0.580. The SMILES string of the molecule is CCN[C@@H](CS)CN[C@@](C)(CS)CNC. The molecule has 0 amide bonds. The molecule has 3 nitrogen and oxygen atoms in total. The molecule has 0 saturated heterocycles. The van der Waals surface area contributed by atoms with E-state index in [9.17, 15) is 0 Å². The lowest BCUT2D eigenvalue weighted by Gasteiger charge is -2.31. The molecule has 0 fully saturated rings. The highest BCUT2D eigenvalue weighted by molar-refractivity contribution is 7.80. The predicted octanol–water partition coefficient (Wildman–Crippen LogP) is 0.392. The van der Waals surface area contributed by atoms with E-state index in [4.69, 9.17) is 0 Å². The van der Waals surface area contributed by atoms with E-state index < -0.39 is 0 Å². The fourth-order valence-corrected chi connectivity index (χ4v) is 1.91. The summed E-state index contributed by atoms with van der Waals surface area (Å²) in [7, 11) is 1.96. The van der Waals surface area contributed by atoms with Crippen LogP contribution in [0.5, 0.6) is 0 Å². The molecule has 0 saturated carbocycles. The third-order valence-electron chi connectivity index (χ3n) is 2.40. The number of thiol groups is 2. The molecule has 0 radical (unpaired) electrons. The smallest absolute Gasteiger partial charge is 0.0366 e. The number of likely N-dealkylation sites (N-methyl/N-ethyl adjacent to an activating group) is 2. The number of hydrogen-bond donors (Lipinski definition) is 5. The topological polar surface area (TPSA) is 36.1 Å². The molecule has 0 aromatic heterocycles. The molecular weight excluding hydrogens is 226 g/mol. The molecule has 92 valence electrons. The minimum absolute atomic E-state index is 0.0501. The molecule has 2 atom stereocenters. The van der Waals surface area contributed by atoms with Crippen LogP contribution in [0.3, 0.4) is 0 Å². The van der Waals surface area contributed by atoms with Crippen molar-refractivity contribution in [1.82, 2.24) is 16.0 Å². The maximum atomic E-state index is 4.38. The Morgan fingerprint density at radius 2 is 2.00 bits per heavy atom. The van der Waals surface area contributed by atoms with Crippen LogP contribution in [0, 0.1) is 0 Å². The van der Waals surface area contributed by atoms with Crippen LogP contribution in [0.4, 0.5) is 0 Å². The molecule has 0 unspecified atom stereocenters. The largest absolute Gasteiger partial charge is 0.318 e. The summed E-state index contributed by atoms with van der Waals surface area (Å²) < 4.78 is 0. The molecule has 3 N–H and O–H groups in total. The van der Waals surface area contributed by atoms with E-state index in [1.165, 1.54) is 0 Å². The average molecular weight is 251 g/mol. The van der Waals surface area contributed by atoms with Gasteiger partial charge in [0.25, 0.3) is 0 Å². The van der Waals surface area contributed by atoms with Crippen molar-refractivity contribution < 1.29 is 0 Å². The minimum Gasteiger partial charge on any atom is -0.318 e.